The molecule has 0 bridgehead atoms. The number of methoxy groups -OCH3 is 1. The maximum atomic E-state index is 12.6. The van der Waals surface area contributed by atoms with Gasteiger partial charge in [-0.3, -0.25) is 4.90 Å². The SMILES string of the molecule is COC(=O)C1(C)C(c2ccccc2)OC(=O)N1c1ccccc1. The Morgan fingerprint density at radius 1 is 1.09 bits per heavy atom. The Balaban J connectivity index is 2.13. The second-order valence-corrected chi connectivity index (χ2v) is 5.48. The van der Waals surface area contributed by atoms with Crippen LogP contribution in [0.25, 0.3) is 0 Å². The Hall–Kier alpha value is -2.82. The third-order valence-electron chi connectivity index (χ3n) is 4.09. The lowest BCUT2D eigenvalue weighted by molar-refractivity contribution is -0.148. The van der Waals surface area contributed by atoms with Gasteiger partial charge in [0.15, 0.2) is 11.6 Å². The van der Waals surface area contributed by atoms with Crippen LogP contribution in [0, 0.1) is 0 Å². The summed E-state index contributed by atoms with van der Waals surface area (Å²) in [6.07, 6.45) is -1.32. The molecule has 1 saturated heterocycles. The van der Waals surface area contributed by atoms with E-state index in [0.717, 1.165) is 5.56 Å². The van der Waals surface area contributed by atoms with Gasteiger partial charge in [-0.15, -0.1) is 0 Å². The highest BCUT2D eigenvalue weighted by molar-refractivity contribution is 6.02. The molecule has 0 radical (unpaired) electrons. The number of rotatable bonds is 3. The number of esters is 1. The van der Waals surface area contributed by atoms with Crippen LogP contribution in [0.1, 0.15) is 18.6 Å². The zero-order valence-corrected chi connectivity index (χ0v) is 12.9. The Morgan fingerprint density at radius 2 is 1.65 bits per heavy atom. The monoisotopic (exact) mass is 311 g/mol. The highest BCUT2D eigenvalue weighted by Crippen LogP contribution is 2.44. The van der Waals surface area contributed by atoms with Crippen LogP contribution in [0.15, 0.2) is 60.7 Å². The lowest BCUT2D eigenvalue weighted by atomic mass is 9.88. The normalized spacial score (nSPS) is 23.5. The topological polar surface area (TPSA) is 55.8 Å². The van der Waals surface area contributed by atoms with Gasteiger partial charge in [0.1, 0.15) is 0 Å². The van der Waals surface area contributed by atoms with E-state index in [2.05, 4.69) is 0 Å². The van der Waals surface area contributed by atoms with Crippen LogP contribution in [-0.2, 0) is 14.3 Å². The van der Waals surface area contributed by atoms with Gasteiger partial charge in [-0.2, -0.15) is 0 Å². The van der Waals surface area contributed by atoms with E-state index in [0.29, 0.717) is 5.69 Å². The highest BCUT2D eigenvalue weighted by atomic mass is 16.6. The molecule has 0 N–H and O–H groups in total. The summed E-state index contributed by atoms with van der Waals surface area (Å²) in [6.45, 7) is 1.66. The van der Waals surface area contributed by atoms with Crippen LogP contribution in [0.3, 0.4) is 0 Å². The van der Waals surface area contributed by atoms with Crippen molar-refractivity contribution in [1.82, 2.24) is 0 Å². The van der Waals surface area contributed by atoms with Gasteiger partial charge in [-0.05, 0) is 24.6 Å². The lowest BCUT2D eigenvalue weighted by Crippen LogP contribution is -2.53. The fourth-order valence-electron chi connectivity index (χ4n) is 2.95. The Bertz CT molecular complexity index is 716. The molecule has 1 aliphatic heterocycles. The van der Waals surface area contributed by atoms with Crippen LogP contribution in [0.4, 0.5) is 10.5 Å². The van der Waals surface area contributed by atoms with Gasteiger partial charge in [-0.25, -0.2) is 9.59 Å². The van der Waals surface area contributed by atoms with Crippen molar-refractivity contribution in [3.05, 3.63) is 66.2 Å². The number of amides is 1. The maximum Gasteiger partial charge on any atom is 0.416 e. The first-order chi connectivity index (χ1) is 11.1. The molecule has 23 heavy (non-hydrogen) atoms. The molecule has 0 spiro atoms. The summed E-state index contributed by atoms with van der Waals surface area (Å²) in [5, 5.41) is 0. The van der Waals surface area contributed by atoms with Gasteiger partial charge in [-0.1, -0.05) is 48.5 Å². The molecule has 0 aliphatic carbocycles. The molecule has 1 heterocycles. The molecule has 3 rings (SSSR count). The van der Waals surface area contributed by atoms with Crippen molar-refractivity contribution in [3.8, 4) is 0 Å². The standard InChI is InChI=1S/C18H17NO4/c1-18(16(20)22-2)15(13-9-5-3-6-10-13)23-17(21)19(18)14-11-7-4-8-12-14/h3-12,15H,1-2H3. The summed E-state index contributed by atoms with van der Waals surface area (Å²) in [6, 6.07) is 18.2. The van der Waals surface area contributed by atoms with Crippen LogP contribution in [0.5, 0.6) is 0 Å². The van der Waals surface area contributed by atoms with Crippen molar-refractivity contribution >= 4 is 17.7 Å². The number of cyclic esters (lactones) is 1. The van der Waals surface area contributed by atoms with Gasteiger partial charge in [0.25, 0.3) is 0 Å². The molecule has 2 atom stereocenters. The minimum absolute atomic E-state index is 0.527. The first-order valence-corrected chi connectivity index (χ1v) is 7.28. The first kappa shape index (κ1) is 15.1. The van der Waals surface area contributed by atoms with E-state index in [-0.39, 0.29) is 0 Å². The predicted octanol–water partition coefficient (Wildman–Crippen LogP) is 3.32. The molecule has 118 valence electrons. The van der Waals surface area contributed by atoms with E-state index in [9.17, 15) is 9.59 Å². The van der Waals surface area contributed by atoms with Gasteiger partial charge < -0.3 is 9.47 Å². The molecule has 1 amide bonds. The average Bonchev–Trinajstić information content (AvgIpc) is 2.87. The number of hydrogen-bond acceptors (Lipinski definition) is 4. The molecule has 1 fully saturated rings. The van der Waals surface area contributed by atoms with Crippen molar-refractivity contribution in [3.63, 3.8) is 0 Å². The Morgan fingerprint density at radius 3 is 2.22 bits per heavy atom. The summed E-state index contributed by atoms with van der Waals surface area (Å²) in [4.78, 5) is 26.4. The number of carbonyl (C=O) groups excluding carboxylic acids is 2. The van der Waals surface area contributed by atoms with Crippen molar-refractivity contribution in [1.29, 1.82) is 0 Å². The number of carbonyl (C=O) groups is 2. The number of nitrogens with zero attached hydrogens (tertiary/aromatic N) is 1. The molecule has 5 nitrogen and oxygen atoms in total. The van der Waals surface area contributed by atoms with Crippen LogP contribution in [-0.4, -0.2) is 24.7 Å². The molecular weight excluding hydrogens is 294 g/mol. The number of anilines is 1. The summed E-state index contributed by atoms with van der Waals surface area (Å²) in [5.41, 5.74) is 0.0464. The van der Waals surface area contributed by atoms with Crippen LogP contribution < -0.4 is 4.90 Å². The molecule has 2 aromatic carbocycles. The van der Waals surface area contributed by atoms with E-state index in [4.69, 9.17) is 9.47 Å². The number of hydrogen-bond donors (Lipinski definition) is 0. The summed E-state index contributed by atoms with van der Waals surface area (Å²) in [5.74, 6) is -0.527. The van der Waals surface area contributed by atoms with E-state index < -0.39 is 23.7 Å². The molecular formula is C18H17NO4. The van der Waals surface area contributed by atoms with Crippen LogP contribution in [0.2, 0.25) is 0 Å². The third-order valence-corrected chi connectivity index (χ3v) is 4.09. The zero-order valence-electron chi connectivity index (χ0n) is 12.9. The molecule has 0 aromatic heterocycles. The van der Waals surface area contributed by atoms with Crippen LogP contribution >= 0.6 is 0 Å². The fraction of sp³-hybridized carbons (Fsp3) is 0.222. The van der Waals surface area contributed by atoms with Crippen molar-refractivity contribution in [2.75, 3.05) is 12.0 Å². The van der Waals surface area contributed by atoms with Gasteiger partial charge >= 0.3 is 12.1 Å². The maximum absolute atomic E-state index is 12.6. The fourth-order valence-corrected chi connectivity index (χ4v) is 2.95. The minimum Gasteiger partial charge on any atom is -0.467 e. The largest absolute Gasteiger partial charge is 0.467 e. The number of benzene rings is 2. The van der Waals surface area contributed by atoms with E-state index >= 15 is 0 Å². The van der Waals surface area contributed by atoms with E-state index in [1.165, 1.54) is 12.0 Å². The number of ether oxygens (including phenoxy) is 2. The smallest absolute Gasteiger partial charge is 0.416 e. The van der Waals surface area contributed by atoms with Gasteiger partial charge in [0.2, 0.25) is 0 Å². The zero-order chi connectivity index (χ0) is 16.4. The second-order valence-electron chi connectivity index (χ2n) is 5.48. The van der Waals surface area contributed by atoms with Crippen molar-refractivity contribution in [2.24, 2.45) is 0 Å². The Labute approximate surface area is 134 Å². The molecule has 2 aromatic rings. The molecule has 2 unspecified atom stereocenters. The average molecular weight is 311 g/mol. The highest BCUT2D eigenvalue weighted by Gasteiger charge is 2.59. The summed E-state index contributed by atoms with van der Waals surface area (Å²) >= 11 is 0. The summed E-state index contributed by atoms with van der Waals surface area (Å²) in [7, 11) is 1.31. The minimum atomic E-state index is -1.28. The van der Waals surface area contributed by atoms with Gasteiger partial charge in [0, 0.05) is 5.69 Å². The molecule has 5 heteroatoms. The van der Waals surface area contributed by atoms with Gasteiger partial charge in [0.05, 0.1) is 7.11 Å². The Kier molecular flexibility index (Phi) is 3.78. The second kappa shape index (κ2) is 5.76. The van der Waals surface area contributed by atoms with E-state index in [1.54, 1.807) is 31.2 Å². The van der Waals surface area contributed by atoms with Crippen molar-refractivity contribution in [2.45, 2.75) is 18.6 Å². The quantitative estimate of drug-likeness (QED) is 0.816. The molecule has 1 aliphatic rings. The van der Waals surface area contributed by atoms with E-state index in [1.807, 2.05) is 36.4 Å². The third kappa shape index (κ3) is 2.34. The first-order valence-electron chi connectivity index (χ1n) is 7.28. The number of para-hydroxylation sites is 1. The van der Waals surface area contributed by atoms with Crippen molar-refractivity contribution < 1.29 is 19.1 Å². The molecule has 0 saturated carbocycles. The lowest BCUT2D eigenvalue weighted by Gasteiger charge is -2.33. The predicted molar refractivity (Wildman–Crippen MR) is 85.0 cm³/mol. The summed E-state index contributed by atoms with van der Waals surface area (Å²) < 4.78 is 10.5.